The van der Waals surface area contributed by atoms with Crippen molar-refractivity contribution in [2.45, 2.75) is 12.2 Å². The van der Waals surface area contributed by atoms with E-state index in [1.807, 2.05) is 25.1 Å². The minimum Gasteiger partial charge on any atom is -0.479 e. The number of aliphatic hydroxyl groups excluding tert-OH is 2. The van der Waals surface area contributed by atoms with Crippen LogP contribution in [0.25, 0.3) is 0 Å². The summed E-state index contributed by atoms with van der Waals surface area (Å²) in [4.78, 5) is 12.3. The van der Waals surface area contributed by atoms with Crippen LogP contribution in [-0.4, -0.2) is 41.5 Å². The fourth-order valence-corrected chi connectivity index (χ4v) is 1.30. The van der Waals surface area contributed by atoms with Crippen molar-refractivity contribution in [3.63, 3.8) is 0 Å². The lowest BCUT2D eigenvalue weighted by Crippen LogP contribution is -2.27. The third-order valence-corrected chi connectivity index (χ3v) is 2.28. The molecule has 0 aliphatic carbocycles. The first-order chi connectivity index (χ1) is 7.43. The van der Waals surface area contributed by atoms with Gasteiger partial charge in [0.1, 0.15) is 6.10 Å². The Kier molecular flexibility index (Phi) is 3.87. The molecule has 1 rings (SSSR count). The quantitative estimate of drug-likeness (QED) is 0.683. The Bertz CT molecular complexity index is 378. The second-order valence-corrected chi connectivity index (χ2v) is 3.72. The van der Waals surface area contributed by atoms with E-state index in [0.717, 1.165) is 5.69 Å². The number of carboxylic acid groups (broad SMARTS) is 1. The van der Waals surface area contributed by atoms with Crippen molar-refractivity contribution in [2.75, 3.05) is 19.0 Å². The largest absolute Gasteiger partial charge is 0.479 e. The first-order valence-electron chi connectivity index (χ1n) is 4.79. The Morgan fingerprint density at radius 3 is 2.44 bits per heavy atom. The maximum atomic E-state index is 10.5. The van der Waals surface area contributed by atoms with E-state index in [0.29, 0.717) is 5.56 Å². The molecule has 1 aromatic carbocycles. The highest BCUT2D eigenvalue weighted by Gasteiger charge is 2.25. The predicted octanol–water partition coefficient (Wildman–Crippen LogP) is 0.231. The van der Waals surface area contributed by atoms with E-state index >= 15 is 0 Å². The third kappa shape index (κ3) is 2.71. The SMILES string of the molecule is CN(C)c1cccc(C(O)C(O)C(=O)O)c1. The van der Waals surface area contributed by atoms with Crippen LogP contribution in [0.4, 0.5) is 5.69 Å². The Labute approximate surface area is 93.6 Å². The molecule has 0 aliphatic heterocycles. The lowest BCUT2D eigenvalue weighted by molar-refractivity contribution is -0.153. The fraction of sp³-hybridized carbons (Fsp3) is 0.364. The molecule has 5 nitrogen and oxygen atoms in total. The minimum atomic E-state index is -1.81. The molecule has 0 amide bonds. The summed E-state index contributed by atoms with van der Waals surface area (Å²) in [6.07, 6.45) is -3.23. The molecule has 2 unspecified atom stereocenters. The maximum Gasteiger partial charge on any atom is 0.335 e. The van der Waals surface area contributed by atoms with Crippen molar-refractivity contribution in [3.8, 4) is 0 Å². The van der Waals surface area contributed by atoms with E-state index in [9.17, 15) is 15.0 Å². The normalized spacial score (nSPS) is 14.2. The molecule has 0 bridgehead atoms. The van der Waals surface area contributed by atoms with E-state index in [2.05, 4.69) is 0 Å². The zero-order valence-corrected chi connectivity index (χ0v) is 9.16. The van der Waals surface area contributed by atoms with Crippen molar-refractivity contribution in [3.05, 3.63) is 29.8 Å². The average Bonchev–Trinajstić information content (AvgIpc) is 2.27. The molecule has 1 aromatic rings. The molecule has 0 fully saturated rings. The summed E-state index contributed by atoms with van der Waals surface area (Å²) in [5.41, 5.74) is 1.20. The van der Waals surface area contributed by atoms with Gasteiger partial charge in [0.25, 0.3) is 0 Å². The van der Waals surface area contributed by atoms with Gasteiger partial charge in [-0.1, -0.05) is 12.1 Å². The van der Waals surface area contributed by atoms with E-state index < -0.39 is 18.2 Å². The van der Waals surface area contributed by atoms with Crippen LogP contribution >= 0.6 is 0 Å². The van der Waals surface area contributed by atoms with Gasteiger partial charge >= 0.3 is 5.97 Å². The number of aliphatic carboxylic acids is 1. The molecular weight excluding hydrogens is 210 g/mol. The van der Waals surface area contributed by atoms with Gasteiger partial charge in [-0.2, -0.15) is 0 Å². The van der Waals surface area contributed by atoms with Gasteiger partial charge in [0.05, 0.1) is 0 Å². The van der Waals surface area contributed by atoms with Crippen molar-refractivity contribution < 1.29 is 20.1 Å². The summed E-state index contributed by atoms with van der Waals surface area (Å²) in [5, 5.41) is 27.4. The standard InChI is InChI=1S/C11H15NO4/c1-12(2)8-5-3-4-7(6-8)9(13)10(14)11(15)16/h3-6,9-10,13-14H,1-2H3,(H,15,16). The molecule has 0 aromatic heterocycles. The van der Waals surface area contributed by atoms with Crippen molar-refractivity contribution in [2.24, 2.45) is 0 Å². The second-order valence-electron chi connectivity index (χ2n) is 3.72. The number of carboxylic acids is 1. The lowest BCUT2D eigenvalue weighted by Gasteiger charge is -2.18. The van der Waals surface area contributed by atoms with Crippen LogP contribution < -0.4 is 4.90 Å². The number of hydrogen-bond donors (Lipinski definition) is 3. The third-order valence-electron chi connectivity index (χ3n) is 2.28. The first kappa shape index (κ1) is 12.5. The van der Waals surface area contributed by atoms with Gasteiger partial charge in [-0.3, -0.25) is 0 Å². The molecule has 16 heavy (non-hydrogen) atoms. The second kappa shape index (κ2) is 4.96. The van der Waals surface area contributed by atoms with Crippen molar-refractivity contribution >= 4 is 11.7 Å². The zero-order chi connectivity index (χ0) is 12.3. The summed E-state index contributed by atoms with van der Waals surface area (Å²) in [7, 11) is 3.66. The van der Waals surface area contributed by atoms with Crippen LogP contribution in [0.15, 0.2) is 24.3 Å². The van der Waals surface area contributed by atoms with Crippen molar-refractivity contribution in [1.82, 2.24) is 0 Å². The average molecular weight is 225 g/mol. The van der Waals surface area contributed by atoms with E-state index in [4.69, 9.17) is 5.11 Å². The molecule has 3 N–H and O–H groups in total. The van der Waals surface area contributed by atoms with Gasteiger partial charge in [-0.25, -0.2) is 4.79 Å². The van der Waals surface area contributed by atoms with Crippen LogP contribution in [0, 0.1) is 0 Å². The number of nitrogens with zero attached hydrogens (tertiary/aromatic N) is 1. The van der Waals surface area contributed by atoms with Crippen LogP contribution in [0.5, 0.6) is 0 Å². The minimum absolute atomic E-state index is 0.376. The van der Waals surface area contributed by atoms with Crippen LogP contribution in [-0.2, 0) is 4.79 Å². The Hall–Kier alpha value is -1.59. The van der Waals surface area contributed by atoms with Gasteiger partial charge < -0.3 is 20.2 Å². The number of aliphatic hydroxyl groups is 2. The molecule has 0 radical (unpaired) electrons. The first-order valence-corrected chi connectivity index (χ1v) is 4.79. The Morgan fingerprint density at radius 1 is 1.31 bits per heavy atom. The van der Waals surface area contributed by atoms with Crippen molar-refractivity contribution in [1.29, 1.82) is 0 Å². The molecule has 0 spiro atoms. The number of anilines is 1. The highest BCUT2D eigenvalue weighted by atomic mass is 16.4. The molecule has 88 valence electrons. The van der Waals surface area contributed by atoms with E-state index in [1.165, 1.54) is 0 Å². The van der Waals surface area contributed by atoms with Crippen LogP contribution in [0.1, 0.15) is 11.7 Å². The fourth-order valence-electron chi connectivity index (χ4n) is 1.30. The zero-order valence-electron chi connectivity index (χ0n) is 9.16. The smallest absolute Gasteiger partial charge is 0.335 e. The van der Waals surface area contributed by atoms with Gasteiger partial charge in [0, 0.05) is 19.8 Å². The molecule has 0 saturated heterocycles. The van der Waals surface area contributed by atoms with Gasteiger partial charge in [0.2, 0.25) is 0 Å². The summed E-state index contributed by atoms with van der Waals surface area (Å²) >= 11 is 0. The highest BCUT2D eigenvalue weighted by molar-refractivity contribution is 5.73. The molecule has 0 heterocycles. The summed E-state index contributed by atoms with van der Waals surface area (Å²) < 4.78 is 0. The number of benzene rings is 1. The molecule has 0 aliphatic rings. The van der Waals surface area contributed by atoms with E-state index in [-0.39, 0.29) is 0 Å². The molecule has 5 heteroatoms. The predicted molar refractivity (Wildman–Crippen MR) is 59.4 cm³/mol. The summed E-state index contributed by atoms with van der Waals surface area (Å²) in [6, 6.07) is 6.73. The highest BCUT2D eigenvalue weighted by Crippen LogP contribution is 2.21. The van der Waals surface area contributed by atoms with Gasteiger partial charge in [-0.05, 0) is 17.7 Å². The van der Waals surface area contributed by atoms with Gasteiger partial charge in [0.15, 0.2) is 6.10 Å². The number of carbonyl (C=O) groups is 1. The molecular formula is C11H15NO4. The van der Waals surface area contributed by atoms with E-state index in [1.54, 1.807) is 18.2 Å². The van der Waals surface area contributed by atoms with Crippen LogP contribution in [0.3, 0.4) is 0 Å². The topological polar surface area (TPSA) is 81.0 Å². The lowest BCUT2D eigenvalue weighted by atomic mass is 10.0. The molecule has 2 atom stereocenters. The monoisotopic (exact) mass is 225 g/mol. The Balaban J connectivity index is 2.95. The maximum absolute atomic E-state index is 10.5. The summed E-state index contributed by atoms with van der Waals surface area (Å²) in [5.74, 6) is -1.44. The number of hydrogen-bond acceptors (Lipinski definition) is 4. The number of rotatable bonds is 4. The van der Waals surface area contributed by atoms with Gasteiger partial charge in [-0.15, -0.1) is 0 Å². The molecule has 0 saturated carbocycles. The Morgan fingerprint density at radius 2 is 1.94 bits per heavy atom. The summed E-state index contributed by atoms with van der Waals surface area (Å²) in [6.45, 7) is 0. The van der Waals surface area contributed by atoms with Crippen LogP contribution in [0.2, 0.25) is 0 Å².